The molecule has 22 heteroatoms. The molecular weight excluding hydrogens is 1700 g/mol. The Bertz CT molecular complexity index is 5680. The summed E-state index contributed by atoms with van der Waals surface area (Å²) in [6.45, 7) is 29.1. The van der Waals surface area contributed by atoms with Crippen LogP contribution < -0.4 is 14.2 Å². The minimum atomic E-state index is -0.487. The zero-order valence-corrected chi connectivity index (χ0v) is 84.8. The second-order valence-corrected chi connectivity index (χ2v) is 51.2. The number of ketones is 4. The maximum absolute atomic E-state index is 13.8. The van der Waals surface area contributed by atoms with Crippen LogP contribution in [-0.2, 0) is 45.4 Å². The Labute approximate surface area is 808 Å². The molecule has 16 fully saturated rings. The Kier molecular flexibility index (Phi) is 24.9. The first-order valence-corrected chi connectivity index (χ1v) is 53.7. The molecule has 22 nitrogen and oxygen atoms in total. The Balaban J connectivity index is 0.000000112. The van der Waals surface area contributed by atoms with Gasteiger partial charge in [-0.3, -0.25) is 23.9 Å². The SMILES string of the molecule is C#Cc1ccn(CC(=O)[C@H]2CC[C@H]3[C@@H]4CC[C@H]5C[C@](C)(O)CC[C@]5(C)[C@H]4CC[C@]23C)n1.COc1cccc2c1nnn2CC(=O)[C@H]1CC[C@H]2[C@@H]3CC[C@H]4C[C@](C)(O)CC[C@]4(C)[C@H]3CC[C@]12C.COc1cccc2nn(CC(=O)[C@H]3CC[C@H]4[C@@H]5CC[C@H]6C[C@](C)(O)CC[C@]6(C)[C@H]5CC[C@]34C)nc12.COc1cccc2nnn(CC(=O)[C@H]3CC[C@H]4[C@@H]5CC[C@H]6C[C@](C)(O)CC[C@]6(C)[C@H]5CC[C@]34C)c12. The van der Waals surface area contributed by atoms with Crippen LogP contribution >= 0.6 is 0 Å². The van der Waals surface area contributed by atoms with E-state index in [-0.39, 0.29) is 58.4 Å². The molecule has 0 aliphatic heterocycles. The highest BCUT2D eigenvalue weighted by Gasteiger charge is 2.68. The molecular formula is C114H161N11O11. The van der Waals surface area contributed by atoms with E-state index in [1.54, 1.807) is 46.2 Å². The Hall–Kier alpha value is -7.45. The molecule has 136 heavy (non-hydrogen) atoms. The van der Waals surface area contributed by atoms with Crippen LogP contribution in [0.25, 0.3) is 33.1 Å². The number of aliphatic hydroxyl groups is 4. The van der Waals surface area contributed by atoms with Crippen LogP contribution in [0.2, 0.25) is 0 Å². The van der Waals surface area contributed by atoms with E-state index in [2.05, 4.69) is 97.2 Å². The van der Waals surface area contributed by atoms with Crippen LogP contribution in [-0.4, -0.2) is 142 Å². The standard InChI is InChI=1S/3C29H41N3O3.C27H38N2O2/c1-27(34)14-15-28(2)18(16-27)8-9-19-20-10-11-22(29(20,3)13-12-21(19)28)24(33)17-32-23-6-5-7-25(35-4)26(23)30-31-32;1-27(34)14-15-28(2)18(16-27)8-9-19-20-10-11-22(29(20,3)13-12-21(19)28)24(33)17-32-26-23(30-31-32)6-5-7-25(26)35-4;1-27(34)14-15-28(2)18(16-27)8-9-19-20-10-11-22(29(20,3)13-12-21(19)28)24(33)17-32-30-23-6-5-7-25(35-4)26(23)31-32;1-5-19-11-15-29(28-19)17-24(30)23-9-8-21-20-7-6-18-16-25(2,31)13-14-26(18,3)22(20)10-12-27(21,23)4/h3*5-7,18-22,34H,8-17H2,1-4H3;1,11,15,18,20-23,31H,6-10,12-14,16-17H2,2-4H3/t3*18-,19-,20-,21-,22+,27+,28-,29-;18-,20-,21-,22-,23+,25+,26-,27-/m0000/s1. The highest BCUT2D eigenvalue weighted by atomic mass is 16.5. The third-order valence-electron chi connectivity index (χ3n) is 44.5. The Morgan fingerprint density at radius 2 is 0.699 bits per heavy atom. The summed E-state index contributed by atoms with van der Waals surface area (Å²) in [7, 11) is 4.93. The molecule has 0 bridgehead atoms. The van der Waals surface area contributed by atoms with Crippen molar-refractivity contribution in [1.82, 2.24) is 54.8 Å². The number of hydrogen-bond acceptors (Lipinski definition) is 18. The number of rotatable bonds is 15. The number of para-hydroxylation sites is 1. The van der Waals surface area contributed by atoms with Gasteiger partial charge >= 0.3 is 0 Å². The Morgan fingerprint density at radius 1 is 0.353 bits per heavy atom. The molecule has 738 valence electrons. The molecule has 4 N–H and O–H groups in total. The second kappa shape index (κ2) is 35.3. The fourth-order valence-electron chi connectivity index (χ4n) is 37.1. The van der Waals surface area contributed by atoms with E-state index in [0.29, 0.717) is 128 Å². The first-order chi connectivity index (χ1) is 64.6. The summed E-state index contributed by atoms with van der Waals surface area (Å²) >= 11 is 0. The molecule has 0 saturated heterocycles. The summed E-state index contributed by atoms with van der Waals surface area (Å²) in [5.41, 5.74) is 5.14. The number of fused-ring (bicyclic) bond motifs is 23. The summed E-state index contributed by atoms with van der Waals surface area (Å²) in [6.07, 6.45) is 47.9. The maximum atomic E-state index is 13.8. The van der Waals surface area contributed by atoms with Gasteiger partial charge in [0.1, 0.15) is 59.1 Å². The van der Waals surface area contributed by atoms with Gasteiger partial charge in [-0.05, 0) is 445 Å². The van der Waals surface area contributed by atoms with E-state index < -0.39 is 22.4 Å². The van der Waals surface area contributed by atoms with E-state index in [0.717, 1.165) is 202 Å². The zero-order valence-electron chi connectivity index (χ0n) is 84.8. The van der Waals surface area contributed by atoms with Crippen molar-refractivity contribution in [3.05, 3.63) is 72.6 Å². The number of benzene rings is 3. The minimum Gasteiger partial charge on any atom is -0.494 e. The summed E-state index contributed by atoms with van der Waals surface area (Å²) < 4.78 is 21.6. The minimum absolute atomic E-state index is 0.0854. The van der Waals surface area contributed by atoms with Crippen LogP contribution in [0.1, 0.15) is 320 Å². The first-order valence-electron chi connectivity index (χ1n) is 53.7. The van der Waals surface area contributed by atoms with Crippen molar-refractivity contribution in [3.8, 4) is 29.6 Å². The molecule has 0 unspecified atom stereocenters. The second-order valence-electron chi connectivity index (χ2n) is 51.2. The van der Waals surface area contributed by atoms with Gasteiger partial charge < -0.3 is 34.6 Å². The third kappa shape index (κ3) is 16.3. The lowest BCUT2D eigenvalue weighted by Gasteiger charge is -2.61. The van der Waals surface area contributed by atoms with Crippen molar-refractivity contribution in [2.45, 2.75) is 363 Å². The lowest BCUT2D eigenvalue weighted by molar-refractivity contribution is -0.151. The number of carbonyl (C=O) groups excluding carboxylic acids is 4. The van der Waals surface area contributed by atoms with Crippen molar-refractivity contribution >= 4 is 56.2 Å². The number of methoxy groups -OCH3 is 3. The monoisotopic (exact) mass is 1860 g/mol. The average molecular weight is 1860 g/mol. The quantitative estimate of drug-likeness (QED) is 0.0694. The topological polar surface area (TPSA) is 287 Å². The van der Waals surface area contributed by atoms with Crippen molar-refractivity contribution in [3.63, 3.8) is 0 Å². The molecule has 4 aromatic heterocycles. The summed E-state index contributed by atoms with van der Waals surface area (Å²) in [5.74, 6) is 17.5. The molecule has 4 heterocycles. The van der Waals surface area contributed by atoms with Gasteiger partial charge in [0, 0.05) is 29.9 Å². The Morgan fingerprint density at radius 3 is 1.09 bits per heavy atom. The van der Waals surface area contributed by atoms with Gasteiger partial charge in [-0.25, -0.2) is 9.36 Å². The predicted octanol–water partition coefficient (Wildman–Crippen LogP) is 21.1. The lowest BCUT2D eigenvalue weighted by Crippen LogP contribution is -2.55. The molecule has 0 radical (unpaired) electrons. The number of terminal acetylenes is 1. The highest BCUT2D eigenvalue weighted by Crippen LogP contribution is 2.74. The smallest absolute Gasteiger partial charge is 0.159 e. The number of aromatic nitrogens is 11. The van der Waals surface area contributed by atoms with E-state index in [4.69, 9.17) is 20.6 Å². The largest absolute Gasteiger partial charge is 0.494 e. The van der Waals surface area contributed by atoms with Gasteiger partial charge in [0.15, 0.2) is 34.2 Å². The lowest BCUT2D eigenvalue weighted by atomic mass is 9.44. The average Bonchev–Trinajstić information content (AvgIpc) is 1.49. The van der Waals surface area contributed by atoms with Crippen LogP contribution in [0, 0.1) is 174 Å². The molecule has 0 spiro atoms. The van der Waals surface area contributed by atoms with Crippen molar-refractivity contribution in [2.75, 3.05) is 21.3 Å². The molecule has 0 amide bonds. The number of Topliss-reactive ketones (excluding diaryl/α,β-unsaturated/α-hetero) is 4. The summed E-state index contributed by atoms with van der Waals surface area (Å²) in [4.78, 5) is 56.1. The molecule has 7 aromatic rings. The molecule has 23 rings (SSSR count). The summed E-state index contributed by atoms with van der Waals surface area (Å²) in [6, 6.07) is 19.0. The van der Waals surface area contributed by atoms with Crippen molar-refractivity contribution in [2.24, 2.45) is 162 Å². The number of nitrogens with zero attached hydrogens (tertiary/aromatic N) is 11. The van der Waals surface area contributed by atoms with Gasteiger partial charge in [0.2, 0.25) is 0 Å². The molecule has 3 aromatic carbocycles. The summed E-state index contributed by atoms with van der Waals surface area (Å²) in [5, 5.41) is 73.7. The highest BCUT2D eigenvalue weighted by molar-refractivity contribution is 5.88. The van der Waals surface area contributed by atoms with Crippen LogP contribution in [0.15, 0.2) is 66.9 Å². The maximum Gasteiger partial charge on any atom is 0.159 e. The molecule has 16 aliphatic carbocycles. The van der Waals surface area contributed by atoms with Crippen LogP contribution in [0.5, 0.6) is 17.2 Å². The van der Waals surface area contributed by atoms with Gasteiger partial charge in [0.25, 0.3) is 0 Å². The number of carbonyl (C=O) groups is 4. The van der Waals surface area contributed by atoms with Gasteiger partial charge in [-0.2, -0.15) is 15.0 Å². The molecule has 32 atom stereocenters. The normalized spacial score (nSPS) is 43.7. The van der Waals surface area contributed by atoms with Crippen LogP contribution in [0.3, 0.4) is 0 Å². The third-order valence-corrected chi connectivity index (χ3v) is 44.5. The van der Waals surface area contributed by atoms with Crippen LogP contribution in [0.4, 0.5) is 0 Å². The van der Waals surface area contributed by atoms with Crippen molar-refractivity contribution < 1.29 is 53.8 Å². The molecule has 16 aliphatic rings. The van der Waals surface area contributed by atoms with Gasteiger partial charge in [0.05, 0.1) is 55.8 Å². The van der Waals surface area contributed by atoms with E-state index in [9.17, 15) is 39.6 Å². The predicted molar refractivity (Wildman–Crippen MR) is 526 cm³/mol. The fraction of sp³-hybridized carbons (Fsp3) is 0.763. The fourth-order valence-corrected chi connectivity index (χ4v) is 37.1. The zero-order chi connectivity index (χ0) is 95.8. The number of ether oxygens (including phenoxy) is 3. The van der Waals surface area contributed by atoms with E-state index in [1.165, 1.54) is 109 Å². The van der Waals surface area contributed by atoms with E-state index in [1.807, 2.05) is 88.5 Å². The first kappa shape index (κ1) is 96.1. The van der Waals surface area contributed by atoms with E-state index >= 15 is 0 Å². The van der Waals surface area contributed by atoms with Gasteiger partial charge in [-0.15, -0.1) is 21.7 Å². The number of hydrogen-bond donors (Lipinski definition) is 4. The van der Waals surface area contributed by atoms with Gasteiger partial charge in [-0.1, -0.05) is 84.0 Å². The molecule has 16 saturated carbocycles. The van der Waals surface area contributed by atoms with Crippen molar-refractivity contribution in [1.29, 1.82) is 0 Å².